The Bertz CT molecular complexity index is 525. The van der Waals surface area contributed by atoms with Gasteiger partial charge in [-0.15, -0.1) is 0 Å². The van der Waals surface area contributed by atoms with E-state index in [1.54, 1.807) is 18.8 Å². The molecule has 0 aromatic heterocycles. The molecule has 0 spiro atoms. The van der Waals surface area contributed by atoms with Crippen molar-refractivity contribution >= 4 is 0 Å². The third-order valence-corrected chi connectivity index (χ3v) is 4.21. The highest BCUT2D eigenvalue weighted by Crippen LogP contribution is 2.28. The quantitative estimate of drug-likeness (QED) is 0.728. The molecular formula is C18H23NO2. The molecule has 2 heterocycles. The van der Waals surface area contributed by atoms with Gasteiger partial charge in [0, 0.05) is 13.1 Å². The molecule has 2 aliphatic heterocycles. The molecule has 3 nitrogen and oxygen atoms in total. The van der Waals surface area contributed by atoms with Gasteiger partial charge in [-0.25, -0.2) is 0 Å². The molecule has 1 unspecified atom stereocenters. The van der Waals surface area contributed by atoms with Crippen molar-refractivity contribution < 1.29 is 9.47 Å². The lowest BCUT2D eigenvalue weighted by Gasteiger charge is -2.35. The van der Waals surface area contributed by atoms with Crippen LogP contribution in [0.2, 0.25) is 0 Å². The summed E-state index contributed by atoms with van der Waals surface area (Å²) >= 11 is 0. The maximum atomic E-state index is 5.72. The highest BCUT2D eigenvalue weighted by atomic mass is 16.5. The van der Waals surface area contributed by atoms with Gasteiger partial charge in [0.2, 0.25) is 0 Å². The van der Waals surface area contributed by atoms with E-state index >= 15 is 0 Å². The van der Waals surface area contributed by atoms with Gasteiger partial charge in [-0.3, -0.25) is 4.90 Å². The van der Waals surface area contributed by atoms with Crippen molar-refractivity contribution in [1.82, 2.24) is 4.90 Å². The number of rotatable bonds is 4. The first kappa shape index (κ1) is 14.2. The molecule has 3 rings (SSSR count). The predicted octanol–water partition coefficient (Wildman–Crippen LogP) is 4.03. The van der Waals surface area contributed by atoms with Crippen molar-refractivity contribution in [3.63, 3.8) is 0 Å². The first-order chi connectivity index (χ1) is 10.3. The lowest BCUT2D eigenvalue weighted by Crippen LogP contribution is -2.41. The van der Waals surface area contributed by atoms with Crippen LogP contribution < -0.4 is 0 Å². The van der Waals surface area contributed by atoms with E-state index in [9.17, 15) is 0 Å². The summed E-state index contributed by atoms with van der Waals surface area (Å²) in [4.78, 5) is 2.50. The van der Waals surface area contributed by atoms with Gasteiger partial charge in [0.1, 0.15) is 18.8 Å². The van der Waals surface area contributed by atoms with Gasteiger partial charge < -0.3 is 9.47 Å². The zero-order valence-electron chi connectivity index (χ0n) is 12.6. The van der Waals surface area contributed by atoms with Gasteiger partial charge in [-0.05, 0) is 32.6 Å². The summed E-state index contributed by atoms with van der Waals surface area (Å²) in [6, 6.07) is 0.261. The molecule has 0 saturated carbocycles. The molecule has 0 amide bonds. The number of hydrogen-bond donors (Lipinski definition) is 0. The van der Waals surface area contributed by atoms with E-state index in [-0.39, 0.29) is 6.04 Å². The molecule has 112 valence electrons. The van der Waals surface area contributed by atoms with Crippen molar-refractivity contribution in [3.8, 4) is 0 Å². The van der Waals surface area contributed by atoms with Gasteiger partial charge in [0.25, 0.3) is 0 Å². The number of allylic oxidation sites excluding steroid dienone is 3. The number of nitrogens with zero attached hydrogens (tertiary/aromatic N) is 1. The first-order valence-electron chi connectivity index (χ1n) is 7.74. The van der Waals surface area contributed by atoms with Crippen molar-refractivity contribution in [3.05, 3.63) is 60.0 Å². The van der Waals surface area contributed by atoms with Gasteiger partial charge in [-0.1, -0.05) is 35.5 Å². The molecule has 0 bridgehead atoms. The second-order valence-corrected chi connectivity index (χ2v) is 5.87. The fraction of sp³-hybridized carbons (Fsp3) is 0.444. The molecule has 3 aliphatic rings. The molecule has 0 N–H and O–H groups in total. The minimum absolute atomic E-state index is 0.261. The van der Waals surface area contributed by atoms with Crippen molar-refractivity contribution in [2.75, 3.05) is 13.1 Å². The Morgan fingerprint density at radius 1 is 1.29 bits per heavy atom. The zero-order valence-corrected chi connectivity index (χ0v) is 12.6. The average Bonchev–Trinajstić information content (AvgIpc) is 2.54. The topological polar surface area (TPSA) is 21.7 Å². The molecule has 3 heteroatoms. The molecule has 1 atom stereocenters. The van der Waals surface area contributed by atoms with Crippen LogP contribution in [0.5, 0.6) is 0 Å². The molecule has 0 aromatic carbocycles. The fourth-order valence-electron chi connectivity index (χ4n) is 3.12. The van der Waals surface area contributed by atoms with Crippen LogP contribution in [-0.4, -0.2) is 24.0 Å². The second-order valence-electron chi connectivity index (χ2n) is 5.87. The highest BCUT2D eigenvalue weighted by molar-refractivity contribution is 5.22. The molecule has 0 saturated heterocycles. The monoisotopic (exact) mass is 285 g/mol. The van der Waals surface area contributed by atoms with Gasteiger partial charge in [-0.2, -0.15) is 0 Å². The summed E-state index contributed by atoms with van der Waals surface area (Å²) in [5.74, 6) is 0.919. The van der Waals surface area contributed by atoms with E-state index < -0.39 is 0 Å². The summed E-state index contributed by atoms with van der Waals surface area (Å²) in [6.07, 6.45) is 18.4. The van der Waals surface area contributed by atoms with Crippen LogP contribution >= 0.6 is 0 Å². The summed E-state index contributed by atoms with van der Waals surface area (Å²) in [7, 11) is 0. The van der Waals surface area contributed by atoms with E-state index in [1.807, 2.05) is 0 Å². The Balaban J connectivity index is 1.77. The lowest BCUT2D eigenvalue weighted by molar-refractivity contribution is 0.148. The van der Waals surface area contributed by atoms with Crippen LogP contribution in [0.1, 0.15) is 32.6 Å². The normalized spacial score (nSPS) is 23.6. The third kappa shape index (κ3) is 3.67. The first-order valence-corrected chi connectivity index (χ1v) is 7.74. The van der Waals surface area contributed by atoms with Crippen LogP contribution in [-0.2, 0) is 9.47 Å². The fourth-order valence-corrected chi connectivity index (χ4v) is 3.12. The van der Waals surface area contributed by atoms with Crippen LogP contribution in [0.15, 0.2) is 60.0 Å². The minimum atomic E-state index is 0.261. The Kier molecular flexibility index (Phi) is 4.61. The second kappa shape index (κ2) is 6.81. The maximum Gasteiger partial charge on any atom is 0.156 e. The molecule has 0 radical (unpaired) electrons. The van der Waals surface area contributed by atoms with E-state index in [0.29, 0.717) is 0 Å². The smallest absolute Gasteiger partial charge is 0.156 e. The highest BCUT2D eigenvalue weighted by Gasteiger charge is 2.27. The van der Waals surface area contributed by atoms with E-state index in [0.717, 1.165) is 44.5 Å². The molecule has 1 aliphatic carbocycles. The van der Waals surface area contributed by atoms with E-state index in [4.69, 9.17) is 9.47 Å². The van der Waals surface area contributed by atoms with Crippen LogP contribution in [0.4, 0.5) is 0 Å². The Hall–Kier alpha value is -1.74. The third-order valence-electron chi connectivity index (χ3n) is 4.21. The van der Waals surface area contributed by atoms with Gasteiger partial charge in [0.15, 0.2) is 5.76 Å². The maximum absolute atomic E-state index is 5.72. The number of ether oxygens (including phenoxy) is 2. The summed E-state index contributed by atoms with van der Waals surface area (Å²) < 4.78 is 11.0. The van der Waals surface area contributed by atoms with Gasteiger partial charge in [0.05, 0.1) is 6.04 Å². The Labute approximate surface area is 126 Å². The zero-order chi connectivity index (χ0) is 14.5. The van der Waals surface area contributed by atoms with Crippen molar-refractivity contribution in [1.29, 1.82) is 0 Å². The largest absolute Gasteiger partial charge is 0.466 e. The van der Waals surface area contributed by atoms with Crippen LogP contribution in [0.3, 0.4) is 0 Å². The van der Waals surface area contributed by atoms with E-state index in [1.165, 1.54) is 11.1 Å². The minimum Gasteiger partial charge on any atom is -0.466 e. The van der Waals surface area contributed by atoms with Crippen molar-refractivity contribution in [2.45, 2.75) is 38.6 Å². The Morgan fingerprint density at radius 3 is 2.95 bits per heavy atom. The van der Waals surface area contributed by atoms with Crippen LogP contribution in [0.25, 0.3) is 0 Å². The average molecular weight is 285 g/mol. The van der Waals surface area contributed by atoms with E-state index in [2.05, 4.69) is 36.1 Å². The molecule has 0 fully saturated rings. The SMILES string of the molecule is CC1=CCCN(C(CC2=CC=CCC2)C2=COC=CO2)C1. The summed E-state index contributed by atoms with van der Waals surface area (Å²) in [6.45, 7) is 4.30. The van der Waals surface area contributed by atoms with Crippen LogP contribution in [0, 0.1) is 0 Å². The molecule has 21 heavy (non-hydrogen) atoms. The standard InChI is InChI=1S/C18H23NO2/c1-15-6-5-9-19(13-15)17(18-14-20-10-11-21-18)12-16-7-3-2-4-8-16/h2-3,6-7,10-11,14,17H,4-5,8-9,12-13H2,1H3. The van der Waals surface area contributed by atoms with Gasteiger partial charge >= 0.3 is 0 Å². The predicted molar refractivity (Wildman–Crippen MR) is 84.2 cm³/mol. The summed E-state index contributed by atoms with van der Waals surface area (Å²) in [5.41, 5.74) is 2.94. The molecular weight excluding hydrogens is 262 g/mol. The lowest BCUT2D eigenvalue weighted by atomic mass is 9.95. The van der Waals surface area contributed by atoms with Crippen molar-refractivity contribution in [2.24, 2.45) is 0 Å². The summed E-state index contributed by atoms with van der Waals surface area (Å²) in [5, 5.41) is 0. The number of hydrogen-bond acceptors (Lipinski definition) is 3. The molecule has 0 aromatic rings. The Morgan fingerprint density at radius 2 is 2.24 bits per heavy atom.